The van der Waals surface area contributed by atoms with Crippen LogP contribution in [0, 0.1) is 0 Å². The molecule has 0 atom stereocenters. The van der Waals surface area contributed by atoms with Gasteiger partial charge in [0.2, 0.25) is 0 Å². The highest BCUT2D eigenvalue weighted by molar-refractivity contribution is 5.77. The lowest BCUT2D eigenvalue weighted by molar-refractivity contribution is -0.940. The van der Waals surface area contributed by atoms with Gasteiger partial charge < -0.3 is 15.5 Å². The minimum atomic E-state index is 0.187. The Labute approximate surface area is 79.7 Å². The molecule has 4 nitrogen and oxygen atoms in total. The maximum Gasteiger partial charge on any atom is 0.275 e. The number of hydrogen-bond acceptors (Lipinski definition) is 1. The number of quaternary nitrogens is 2. The Morgan fingerprint density at radius 1 is 1.46 bits per heavy atom. The quantitative estimate of drug-likeness (QED) is 0.433. The van der Waals surface area contributed by atoms with Crippen molar-refractivity contribution in [1.82, 2.24) is 5.32 Å². The molecule has 0 radical (unpaired) electrons. The van der Waals surface area contributed by atoms with Gasteiger partial charge in [-0.15, -0.1) is 0 Å². The fourth-order valence-corrected chi connectivity index (χ4v) is 1.66. The van der Waals surface area contributed by atoms with Crippen LogP contribution in [-0.2, 0) is 4.79 Å². The number of carbonyl (C=O) groups is 1. The van der Waals surface area contributed by atoms with Gasteiger partial charge in [-0.2, -0.15) is 0 Å². The second-order valence-electron chi connectivity index (χ2n) is 4.02. The highest BCUT2D eigenvalue weighted by Crippen LogP contribution is 1.74. The summed E-state index contributed by atoms with van der Waals surface area (Å²) in [6.45, 7) is 9.19. The first-order chi connectivity index (χ1) is 6.18. The standard InChI is InChI=1S/C9H19N3O/c1-8(2)11-9(13)7-12-5-3-10-4-6-12/h8,10H,3-7H2,1-2H3,(H,11,13)/p+2. The Morgan fingerprint density at radius 3 is 2.62 bits per heavy atom. The first kappa shape index (κ1) is 10.5. The van der Waals surface area contributed by atoms with Gasteiger partial charge in [0, 0.05) is 6.04 Å². The van der Waals surface area contributed by atoms with E-state index in [1.54, 1.807) is 0 Å². The monoisotopic (exact) mass is 187 g/mol. The van der Waals surface area contributed by atoms with Gasteiger partial charge >= 0.3 is 0 Å². The van der Waals surface area contributed by atoms with Gasteiger partial charge in [-0.05, 0) is 13.8 Å². The molecule has 1 saturated heterocycles. The number of hydrogen-bond donors (Lipinski definition) is 3. The highest BCUT2D eigenvalue weighted by atomic mass is 16.2. The van der Waals surface area contributed by atoms with Gasteiger partial charge in [0.15, 0.2) is 6.54 Å². The van der Waals surface area contributed by atoms with E-state index < -0.39 is 0 Å². The summed E-state index contributed by atoms with van der Waals surface area (Å²) in [4.78, 5) is 12.8. The molecule has 0 aromatic carbocycles. The number of piperazine rings is 1. The molecule has 4 heteroatoms. The van der Waals surface area contributed by atoms with Crippen molar-refractivity contribution >= 4 is 5.91 Å². The van der Waals surface area contributed by atoms with Gasteiger partial charge in [-0.1, -0.05) is 0 Å². The van der Waals surface area contributed by atoms with Crippen molar-refractivity contribution in [1.29, 1.82) is 0 Å². The van der Waals surface area contributed by atoms with Crippen LogP contribution < -0.4 is 15.5 Å². The van der Waals surface area contributed by atoms with E-state index in [1.807, 2.05) is 13.8 Å². The Hall–Kier alpha value is -0.610. The first-order valence-electron chi connectivity index (χ1n) is 5.13. The first-order valence-corrected chi connectivity index (χ1v) is 5.13. The number of carbonyl (C=O) groups excluding carboxylic acids is 1. The second kappa shape index (κ2) is 5.19. The molecule has 1 aliphatic rings. The van der Waals surface area contributed by atoms with Crippen LogP contribution >= 0.6 is 0 Å². The van der Waals surface area contributed by atoms with Gasteiger partial charge in [-0.25, -0.2) is 0 Å². The van der Waals surface area contributed by atoms with E-state index in [4.69, 9.17) is 0 Å². The molecule has 13 heavy (non-hydrogen) atoms. The molecule has 1 fully saturated rings. The maximum atomic E-state index is 11.4. The molecule has 0 bridgehead atoms. The minimum absolute atomic E-state index is 0.187. The molecule has 76 valence electrons. The zero-order valence-electron chi connectivity index (χ0n) is 8.60. The normalized spacial score (nSPS) is 19.0. The fraction of sp³-hybridized carbons (Fsp3) is 0.889. The summed E-state index contributed by atoms with van der Waals surface area (Å²) in [5, 5.41) is 5.23. The molecular weight excluding hydrogens is 166 g/mol. The summed E-state index contributed by atoms with van der Waals surface area (Å²) >= 11 is 0. The molecule has 1 rings (SSSR count). The molecule has 1 aliphatic heterocycles. The number of nitrogens with two attached hydrogens (primary N) is 1. The van der Waals surface area contributed by atoms with Crippen molar-refractivity contribution in [2.45, 2.75) is 19.9 Å². The fourth-order valence-electron chi connectivity index (χ4n) is 1.66. The van der Waals surface area contributed by atoms with E-state index in [0.717, 1.165) is 26.2 Å². The van der Waals surface area contributed by atoms with Crippen LogP contribution in [-0.4, -0.2) is 44.7 Å². The lowest BCUT2D eigenvalue weighted by atomic mass is 10.3. The van der Waals surface area contributed by atoms with Crippen molar-refractivity contribution in [2.24, 2.45) is 0 Å². The Balaban J connectivity index is 2.18. The van der Waals surface area contributed by atoms with Crippen LogP contribution in [0.3, 0.4) is 0 Å². The summed E-state index contributed by atoms with van der Waals surface area (Å²) in [5.41, 5.74) is 0. The third-order valence-electron chi connectivity index (χ3n) is 2.26. The van der Waals surface area contributed by atoms with Crippen molar-refractivity contribution in [3.8, 4) is 0 Å². The van der Waals surface area contributed by atoms with E-state index in [-0.39, 0.29) is 11.9 Å². The zero-order valence-corrected chi connectivity index (χ0v) is 8.60. The third-order valence-corrected chi connectivity index (χ3v) is 2.26. The van der Waals surface area contributed by atoms with Crippen LogP contribution in [0.1, 0.15) is 13.8 Å². The number of amides is 1. The van der Waals surface area contributed by atoms with Gasteiger partial charge in [0.1, 0.15) is 26.2 Å². The third kappa shape index (κ3) is 4.24. The van der Waals surface area contributed by atoms with Crippen LogP contribution in [0.5, 0.6) is 0 Å². The second-order valence-corrected chi connectivity index (χ2v) is 4.02. The molecule has 0 aliphatic carbocycles. The molecule has 0 aromatic rings. The molecule has 0 aromatic heterocycles. The maximum absolute atomic E-state index is 11.4. The van der Waals surface area contributed by atoms with Crippen molar-refractivity contribution < 1.29 is 15.0 Å². The predicted octanol–water partition coefficient (Wildman–Crippen LogP) is -3.03. The molecule has 0 spiro atoms. The summed E-state index contributed by atoms with van der Waals surface area (Å²) in [6, 6.07) is 0.267. The average Bonchev–Trinajstić information content (AvgIpc) is 2.04. The van der Waals surface area contributed by atoms with Crippen LogP contribution in [0.2, 0.25) is 0 Å². The number of rotatable bonds is 3. The molecule has 0 saturated carbocycles. The van der Waals surface area contributed by atoms with Gasteiger partial charge in [-0.3, -0.25) is 4.79 Å². The van der Waals surface area contributed by atoms with Gasteiger partial charge in [0.25, 0.3) is 5.91 Å². The van der Waals surface area contributed by atoms with Crippen LogP contribution in [0.15, 0.2) is 0 Å². The average molecular weight is 187 g/mol. The summed E-state index contributed by atoms with van der Waals surface area (Å²) in [7, 11) is 0. The van der Waals surface area contributed by atoms with Crippen molar-refractivity contribution in [3.63, 3.8) is 0 Å². The van der Waals surface area contributed by atoms with Crippen LogP contribution in [0.4, 0.5) is 0 Å². The zero-order chi connectivity index (χ0) is 9.68. The Morgan fingerprint density at radius 2 is 2.08 bits per heavy atom. The lowest BCUT2D eigenvalue weighted by Crippen LogP contribution is -3.21. The van der Waals surface area contributed by atoms with E-state index >= 15 is 0 Å². The van der Waals surface area contributed by atoms with E-state index in [0.29, 0.717) is 6.54 Å². The van der Waals surface area contributed by atoms with Crippen molar-refractivity contribution in [2.75, 3.05) is 32.7 Å². The van der Waals surface area contributed by atoms with E-state index in [9.17, 15) is 4.79 Å². The van der Waals surface area contributed by atoms with Crippen LogP contribution in [0.25, 0.3) is 0 Å². The Kier molecular flexibility index (Phi) is 4.18. The van der Waals surface area contributed by atoms with E-state index in [2.05, 4.69) is 10.6 Å². The molecule has 1 amide bonds. The summed E-state index contributed by atoms with van der Waals surface area (Å²) < 4.78 is 0. The summed E-state index contributed by atoms with van der Waals surface area (Å²) in [5.74, 6) is 0.187. The molecule has 0 unspecified atom stereocenters. The van der Waals surface area contributed by atoms with Gasteiger partial charge in [0.05, 0.1) is 0 Å². The predicted molar refractivity (Wildman–Crippen MR) is 50.5 cm³/mol. The topological polar surface area (TPSA) is 50.1 Å². The minimum Gasteiger partial charge on any atom is -0.349 e. The summed E-state index contributed by atoms with van der Waals surface area (Å²) in [6.07, 6.45) is 0. The SMILES string of the molecule is CC(C)NC(=O)C[NH+]1CC[NH2+]CC1. The number of nitrogens with one attached hydrogen (secondary N) is 2. The highest BCUT2D eigenvalue weighted by Gasteiger charge is 2.18. The van der Waals surface area contributed by atoms with Crippen molar-refractivity contribution in [3.05, 3.63) is 0 Å². The molecular formula is C9H21N3O+2. The lowest BCUT2D eigenvalue weighted by Gasteiger charge is -2.21. The largest absolute Gasteiger partial charge is 0.349 e. The molecule has 4 N–H and O–H groups in total. The molecule has 1 heterocycles. The van der Waals surface area contributed by atoms with E-state index in [1.165, 1.54) is 4.90 Å². The Bertz CT molecular complexity index is 164. The smallest absolute Gasteiger partial charge is 0.275 e.